The van der Waals surface area contributed by atoms with E-state index in [0.29, 0.717) is 13.0 Å². The number of hydrogen-bond acceptors (Lipinski definition) is 5. The average molecular weight is 497 g/mol. The predicted octanol–water partition coefficient (Wildman–Crippen LogP) is 4.81. The van der Waals surface area contributed by atoms with E-state index in [1.807, 2.05) is 24.3 Å². The van der Waals surface area contributed by atoms with Crippen LogP contribution in [0.15, 0.2) is 77.9 Å². The van der Waals surface area contributed by atoms with Crippen molar-refractivity contribution in [2.45, 2.75) is 32.9 Å². The fourth-order valence-electron chi connectivity index (χ4n) is 5.27. The number of rotatable bonds is 7. The van der Waals surface area contributed by atoms with Crippen molar-refractivity contribution >= 4 is 11.6 Å². The molecule has 0 N–H and O–H groups in total. The summed E-state index contributed by atoms with van der Waals surface area (Å²) in [5.74, 6) is 0.874. The van der Waals surface area contributed by atoms with Gasteiger partial charge in [-0.2, -0.15) is 5.10 Å². The van der Waals surface area contributed by atoms with Gasteiger partial charge >= 0.3 is 0 Å². The maximum Gasteiger partial charge on any atom is 0.257 e. The van der Waals surface area contributed by atoms with Gasteiger partial charge in [0.1, 0.15) is 5.75 Å². The van der Waals surface area contributed by atoms with Crippen LogP contribution in [0, 0.1) is 13.8 Å². The van der Waals surface area contributed by atoms with Crippen molar-refractivity contribution in [3.8, 4) is 5.75 Å². The average Bonchev–Trinajstić information content (AvgIpc) is 3.37. The maximum absolute atomic E-state index is 13.7. The van der Waals surface area contributed by atoms with Crippen LogP contribution >= 0.6 is 0 Å². The van der Waals surface area contributed by atoms with E-state index >= 15 is 0 Å². The van der Waals surface area contributed by atoms with Crippen molar-refractivity contribution in [3.63, 3.8) is 0 Å². The van der Waals surface area contributed by atoms with E-state index in [9.17, 15) is 4.79 Å². The van der Waals surface area contributed by atoms with Crippen molar-refractivity contribution in [3.05, 3.63) is 101 Å². The summed E-state index contributed by atoms with van der Waals surface area (Å²) in [6.07, 6.45) is 0.702. The Kier molecular flexibility index (Phi) is 7.68. The van der Waals surface area contributed by atoms with Gasteiger partial charge in [-0.15, -0.1) is 0 Å². The molecule has 1 fully saturated rings. The van der Waals surface area contributed by atoms with Crippen LogP contribution in [0.25, 0.3) is 0 Å². The van der Waals surface area contributed by atoms with Gasteiger partial charge in [-0.3, -0.25) is 14.6 Å². The Morgan fingerprint density at radius 3 is 2.32 bits per heavy atom. The lowest BCUT2D eigenvalue weighted by atomic mass is 9.94. The van der Waals surface area contributed by atoms with Crippen molar-refractivity contribution in [1.82, 2.24) is 14.8 Å². The molecule has 1 atom stereocenters. The number of benzene rings is 3. The van der Waals surface area contributed by atoms with Crippen molar-refractivity contribution in [2.75, 3.05) is 39.8 Å². The Morgan fingerprint density at radius 2 is 1.62 bits per heavy atom. The van der Waals surface area contributed by atoms with Crippen molar-refractivity contribution in [2.24, 2.45) is 5.10 Å². The second kappa shape index (κ2) is 11.3. The molecular weight excluding hydrogens is 460 g/mol. The number of hydrogen-bond donors (Lipinski definition) is 0. The van der Waals surface area contributed by atoms with E-state index in [2.05, 4.69) is 72.2 Å². The Labute approximate surface area is 220 Å². The minimum absolute atomic E-state index is 0.0610. The summed E-state index contributed by atoms with van der Waals surface area (Å²) >= 11 is 0. The predicted molar refractivity (Wildman–Crippen MR) is 148 cm³/mol. The third-order valence-electron chi connectivity index (χ3n) is 7.46. The molecule has 1 amide bonds. The van der Waals surface area contributed by atoms with Gasteiger partial charge in [-0.05, 0) is 60.4 Å². The SMILES string of the molecule is COc1ccc(C2=NN(C(=O)CN3CCN(Cc4ccccc4)CC3)[C@@H](c3cc(C)ccc3C)C2)cc1. The third kappa shape index (κ3) is 5.92. The highest BCUT2D eigenvalue weighted by Gasteiger charge is 2.35. The second-order valence-corrected chi connectivity index (χ2v) is 10.1. The summed E-state index contributed by atoms with van der Waals surface area (Å²) in [6.45, 7) is 9.26. The molecule has 6 heteroatoms. The molecule has 2 aliphatic heterocycles. The molecule has 3 aromatic carbocycles. The van der Waals surface area contributed by atoms with Gasteiger partial charge in [0.25, 0.3) is 5.91 Å². The molecule has 2 heterocycles. The summed E-state index contributed by atoms with van der Waals surface area (Å²) < 4.78 is 5.32. The van der Waals surface area contributed by atoms with Crippen molar-refractivity contribution in [1.29, 1.82) is 0 Å². The summed E-state index contributed by atoms with van der Waals surface area (Å²) in [5, 5.41) is 6.65. The fraction of sp³-hybridized carbons (Fsp3) is 0.355. The Balaban J connectivity index is 1.30. The largest absolute Gasteiger partial charge is 0.497 e. The van der Waals surface area contributed by atoms with E-state index in [1.54, 1.807) is 12.1 Å². The van der Waals surface area contributed by atoms with Crippen LogP contribution < -0.4 is 4.74 Å². The van der Waals surface area contributed by atoms with E-state index in [4.69, 9.17) is 9.84 Å². The molecule has 37 heavy (non-hydrogen) atoms. The number of ether oxygens (including phenoxy) is 1. The number of nitrogens with zero attached hydrogens (tertiary/aromatic N) is 4. The summed E-state index contributed by atoms with van der Waals surface area (Å²) in [5.41, 5.74) is 6.86. The Hall–Kier alpha value is -3.48. The molecule has 0 radical (unpaired) electrons. The number of carbonyl (C=O) groups is 1. The molecule has 0 spiro atoms. The number of methoxy groups -OCH3 is 1. The molecular formula is C31H36N4O2. The third-order valence-corrected chi connectivity index (χ3v) is 7.46. The minimum Gasteiger partial charge on any atom is -0.497 e. The zero-order valence-electron chi connectivity index (χ0n) is 22.1. The van der Waals surface area contributed by atoms with Crippen molar-refractivity contribution < 1.29 is 9.53 Å². The number of aryl methyl sites for hydroxylation is 2. The minimum atomic E-state index is -0.0936. The first-order valence-electron chi connectivity index (χ1n) is 13.1. The van der Waals surface area contributed by atoms with Gasteiger partial charge < -0.3 is 4.74 Å². The van der Waals surface area contributed by atoms with Crippen LogP contribution in [0.5, 0.6) is 5.75 Å². The van der Waals surface area contributed by atoms with Crippen LogP contribution in [-0.2, 0) is 11.3 Å². The first-order valence-corrected chi connectivity index (χ1v) is 13.1. The van der Waals surface area contributed by atoms with Crippen LogP contribution in [0.1, 0.15) is 40.3 Å². The topological polar surface area (TPSA) is 48.4 Å². The van der Waals surface area contributed by atoms with Gasteiger partial charge in [0, 0.05) is 39.1 Å². The van der Waals surface area contributed by atoms with Gasteiger partial charge in [0.15, 0.2) is 0 Å². The summed E-state index contributed by atoms with van der Waals surface area (Å²) in [4.78, 5) is 18.4. The Bertz CT molecular complexity index is 1250. The molecule has 0 saturated carbocycles. The maximum atomic E-state index is 13.7. The molecule has 1 saturated heterocycles. The fourth-order valence-corrected chi connectivity index (χ4v) is 5.27. The number of carbonyl (C=O) groups excluding carboxylic acids is 1. The highest BCUT2D eigenvalue weighted by atomic mass is 16.5. The van der Waals surface area contributed by atoms with Crippen LogP contribution in [0.3, 0.4) is 0 Å². The van der Waals surface area contributed by atoms with Crippen LogP contribution in [-0.4, -0.2) is 66.3 Å². The molecule has 0 aromatic heterocycles. The quantitative estimate of drug-likeness (QED) is 0.471. The molecule has 0 aliphatic carbocycles. The zero-order chi connectivity index (χ0) is 25.8. The lowest BCUT2D eigenvalue weighted by molar-refractivity contribution is -0.134. The first kappa shape index (κ1) is 25.2. The van der Waals surface area contributed by atoms with Crippen LogP contribution in [0.4, 0.5) is 0 Å². The normalized spacial score (nSPS) is 18.6. The monoisotopic (exact) mass is 496 g/mol. The molecule has 0 bridgehead atoms. The van der Waals surface area contributed by atoms with Crippen LogP contribution in [0.2, 0.25) is 0 Å². The molecule has 3 aromatic rings. The lowest BCUT2D eigenvalue weighted by Gasteiger charge is -2.35. The summed E-state index contributed by atoms with van der Waals surface area (Å²) in [7, 11) is 1.67. The van der Waals surface area contributed by atoms with Gasteiger partial charge in [-0.1, -0.05) is 54.1 Å². The van der Waals surface area contributed by atoms with E-state index in [0.717, 1.165) is 49.7 Å². The first-order chi connectivity index (χ1) is 18.0. The molecule has 6 nitrogen and oxygen atoms in total. The number of hydrazone groups is 1. The standard InChI is InChI=1S/C31H36N4O2/c1-23-9-10-24(2)28(19-23)30-20-29(26-11-13-27(37-3)14-12-26)32-35(30)31(36)22-34-17-15-33(16-18-34)21-25-7-5-4-6-8-25/h4-14,19,30H,15-18,20-22H2,1-3H3/t30-/m1/s1. The summed E-state index contributed by atoms with van der Waals surface area (Å²) in [6, 6.07) is 24.9. The van der Waals surface area contributed by atoms with E-state index in [1.165, 1.54) is 22.3 Å². The highest BCUT2D eigenvalue weighted by Crippen LogP contribution is 2.35. The smallest absolute Gasteiger partial charge is 0.257 e. The lowest BCUT2D eigenvalue weighted by Crippen LogP contribution is -2.49. The number of amides is 1. The van der Waals surface area contributed by atoms with Gasteiger partial charge in [-0.25, -0.2) is 5.01 Å². The second-order valence-electron chi connectivity index (χ2n) is 10.1. The Morgan fingerprint density at radius 1 is 0.919 bits per heavy atom. The molecule has 2 aliphatic rings. The molecule has 5 rings (SSSR count). The zero-order valence-corrected chi connectivity index (χ0v) is 22.1. The van der Waals surface area contributed by atoms with E-state index in [-0.39, 0.29) is 11.9 Å². The highest BCUT2D eigenvalue weighted by molar-refractivity contribution is 6.03. The van der Waals surface area contributed by atoms with E-state index < -0.39 is 0 Å². The number of piperazine rings is 1. The molecule has 192 valence electrons. The van der Waals surface area contributed by atoms with Gasteiger partial charge in [0.2, 0.25) is 0 Å². The molecule has 0 unspecified atom stereocenters. The van der Waals surface area contributed by atoms with Gasteiger partial charge in [0.05, 0.1) is 25.4 Å².